The molecular formula is C39H52CoN2O7. The molecular weight excluding hydrogens is 667 g/mol. The minimum atomic E-state index is -1.08. The van der Waals surface area contributed by atoms with Crippen LogP contribution in [0, 0.1) is 0 Å². The second-order valence-electron chi connectivity index (χ2n) is 14.2. The molecule has 2 N–H and O–H groups in total. The smallest absolute Gasteiger partial charge is 0.550 e. The number of ether oxygens (including phenoxy) is 1. The van der Waals surface area contributed by atoms with Gasteiger partial charge in [-0.1, -0.05) is 81.4 Å². The topological polar surface area (TPSA) is 155 Å². The van der Waals surface area contributed by atoms with Crippen LogP contribution in [0.2, 0.25) is 0 Å². The summed E-state index contributed by atoms with van der Waals surface area (Å²) >= 11 is 0. The first-order valence-corrected chi connectivity index (χ1v) is 15.9. The van der Waals surface area contributed by atoms with Crippen LogP contribution in [-0.2, 0) is 37.2 Å². The minimum Gasteiger partial charge on any atom is -0.550 e. The van der Waals surface area contributed by atoms with Crippen molar-refractivity contribution in [3.63, 3.8) is 0 Å². The predicted molar refractivity (Wildman–Crippen MR) is 191 cm³/mol. The van der Waals surface area contributed by atoms with Crippen molar-refractivity contribution in [2.45, 2.75) is 106 Å². The molecule has 0 aliphatic carbocycles. The molecule has 0 fully saturated rings. The first kappa shape index (κ1) is 44.8. The largest absolute Gasteiger partial charge is 2.00 e. The molecule has 0 heterocycles. The van der Waals surface area contributed by atoms with E-state index in [1.165, 1.54) is 0 Å². The fourth-order valence-electron chi connectivity index (χ4n) is 4.42. The molecule has 3 aromatic carbocycles. The van der Waals surface area contributed by atoms with Gasteiger partial charge in [-0.2, -0.15) is 0 Å². The van der Waals surface area contributed by atoms with Gasteiger partial charge in [-0.05, 0) is 83.0 Å². The van der Waals surface area contributed by atoms with Crippen molar-refractivity contribution >= 4 is 35.7 Å². The van der Waals surface area contributed by atoms with Crippen LogP contribution in [-0.4, -0.2) is 41.7 Å². The van der Waals surface area contributed by atoms with Gasteiger partial charge in [0.1, 0.15) is 17.2 Å². The number of phenols is 2. The Morgan fingerprint density at radius 1 is 0.694 bits per heavy atom. The first-order chi connectivity index (χ1) is 22.0. The molecule has 0 unspecified atom stereocenters. The average Bonchev–Trinajstić information content (AvgIpc) is 2.94. The third-order valence-electron chi connectivity index (χ3n) is 7.18. The van der Waals surface area contributed by atoms with E-state index in [1.54, 1.807) is 19.5 Å². The summed E-state index contributed by atoms with van der Waals surface area (Å²) in [7, 11) is 1.61. The number of carbonyl (C=O) groups is 2. The number of aromatic hydroxyl groups is 2. The van der Waals surface area contributed by atoms with Gasteiger partial charge in [0.05, 0.1) is 18.5 Å². The van der Waals surface area contributed by atoms with Crippen LogP contribution in [0.3, 0.4) is 0 Å². The normalized spacial score (nSPS) is 11.5. The Morgan fingerprint density at radius 3 is 1.35 bits per heavy atom. The van der Waals surface area contributed by atoms with Crippen LogP contribution in [0.5, 0.6) is 17.2 Å². The average molecular weight is 720 g/mol. The van der Waals surface area contributed by atoms with E-state index in [9.17, 15) is 10.2 Å². The number of carbonyl (C=O) groups excluding carboxylic acids is 2. The molecule has 1 radical (unpaired) electrons. The molecule has 0 aliphatic heterocycles. The summed E-state index contributed by atoms with van der Waals surface area (Å²) in [5, 5.41) is 39.9. The van der Waals surface area contributed by atoms with E-state index in [0.717, 1.165) is 36.1 Å². The number of rotatable bonds is 7. The van der Waals surface area contributed by atoms with Crippen molar-refractivity contribution in [1.29, 1.82) is 0 Å². The third kappa shape index (κ3) is 14.5. The van der Waals surface area contributed by atoms with Crippen LogP contribution in [0.25, 0.3) is 0 Å². The Hall–Kier alpha value is -4.15. The van der Waals surface area contributed by atoms with Gasteiger partial charge < -0.3 is 34.8 Å². The molecule has 9 nitrogen and oxygen atoms in total. The zero-order valence-corrected chi connectivity index (χ0v) is 32.1. The van der Waals surface area contributed by atoms with Crippen molar-refractivity contribution in [2.24, 2.45) is 9.98 Å². The van der Waals surface area contributed by atoms with Gasteiger partial charge in [-0.25, -0.2) is 0 Å². The number of carboxylic acids is 2. The second kappa shape index (κ2) is 19.1. The molecule has 0 saturated heterocycles. The van der Waals surface area contributed by atoms with Crippen LogP contribution < -0.4 is 14.9 Å². The van der Waals surface area contributed by atoms with E-state index in [1.807, 2.05) is 30.3 Å². The number of carboxylic acid groups (broad SMARTS) is 2. The standard InChI is InChI=1S/C35H46N2O3.2C2H4O2.Co/c1-21(2)28-16-25(34(5,6)7)14-23(32(28)38)19-36-30-13-12-27(40-11)18-31(30)37-20-24-15-26(35(8,9)10)17-29(22(3)4)33(24)39;2*1-2(3)4;/h12-22,38-39H,1-11H3;2*1H3,(H,3,4);/q;;;+2/p-2. The Kier molecular flexibility index (Phi) is 17.5. The van der Waals surface area contributed by atoms with Crippen LogP contribution in [0.15, 0.2) is 52.4 Å². The Balaban J connectivity index is 0.00000230. The number of aliphatic carboxylic acids is 2. The van der Waals surface area contributed by atoms with Gasteiger partial charge in [0, 0.05) is 41.6 Å². The number of methoxy groups -OCH3 is 1. The van der Waals surface area contributed by atoms with E-state index in [2.05, 4.69) is 81.4 Å². The van der Waals surface area contributed by atoms with E-state index in [4.69, 9.17) is 34.5 Å². The summed E-state index contributed by atoms with van der Waals surface area (Å²) in [6, 6.07) is 13.7. The maximum Gasteiger partial charge on any atom is 2.00 e. The summed E-state index contributed by atoms with van der Waals surface area (Å²) in [4.78, 5) is 27.3. The van der Waals surface area contributed by atoms with Gasteiger partial charge >= 0.3 is 16.8 Å². The molecule has 0 aromatic heterocycles. The van der Waals surface area contributed by atoms with Gasteiger partial charge in [0.2, 0.25) is 0 Å². The SMILES string of the molecule is CC(=O)[O-].CC(=O)[O-].COc1ccc(N=Cc2cc(C(C)(C)C)cc(C(C)C)c2O)c(N=Cc2cc(C(C)(C)C)cc(C(C)C)c2O)c1.[Co+2]. The van der Waals surface area contributed by atoms with E-state index in [-0.39, 0.29) is 50.9 Å². The molecule has 269 valence electrons. The van der Waals surface area contributed by atoms with Crippen LogP contribution in [0.4, 0.5) is 11.4 Å². The quantitative estimate of drug-likeness (QED) is 0.250. The summed E-state index contributed by atoms with van der Waals surface area (Å²) in [6.07, 6.45) is 3.39. The number of benzene rings is 3. The summed E-state index contributed by atoms with van der Waals surface area (Å²) in [5.74, 6) is -0.692. The molecule has 0 saturated carbocycles. The summed E-state index contributed by atoms with van der Waals surface area (Å²) < 4.78 is 5.46. The molecule has 0 bridgehead atoms. The maximum atomic E-state index is 11.1. The Labute approximate surface area is 302 Å². The second-order valence-corrected chi connectivity index (χ2v) is 14.2. The molecule has 10 heteroatoms. The van der Waals surface area contributed by atoms with Crippen molar-refractivity contribution in [1.82, 2.24) is 0 Å². The molecule has 0 spiro atoms. The summed E-state index contributed by atoms with van der Waals surface area (Å²) in [5.41, 5.74) is 6.46. The van der Waals surface area contributed by atoms with Crippen molar-refractivity contribution in [3.05, 3.63) is 75.8 Å². The number of aliphatic imine (C=N–C) groups is 2. The van der Waals surface area contributed by atoms with Crippen LogP contribution >= 0.6 is 0 Å². The number of hydrogen-bond acceptors (Lipinski definition) is 9. The monoisotopic (exact) mass is 719 g/mol. The first-order valence-electron chi connectivity index (χ1n) is 15.9. The van der Waals surface area contributed by atoms with E-state index < -0.39 is 11.9 Å². The van der Waals surface area contributed by atoms with Crippen molar-refractivity contribution < 1.29 is 51.5 Å². The Morgan fingerprint density at radius 2 is 1.04 bits per heavy atom. The van der Waals surface area contributed by atoms with E-state index >= 15 is 0 Å². The van der Waals surface area contributed by atoms with E-state index in [0.29, 0.717) is 28.3 Å². The molecule has 0 atom stereocenters. The predicted octanol–water partition coefficient (Wildman–Crippen LogP) is 6.96. The third-order valence-corrected chi connectivity index (χ3v) is 7.18. The fourth-order valence-corrected chi connectivity index (χ4v) is 4.42. The molecule has 49 heavy (non-hydrogen) atoms. The number of nitrogens with zero attached hydrogens (tertiary/aromatic N) is 2. The Bertz CT molecular complexity index is 1610. The van der Waals surface area contributed by atoms with Gasteiger partial charge in [0.25, 0.3) is 0 Å². The molecule has 0 aliphatic rings. The zero-order chi connectivity index (χ0) is 37.1. The molecule has 3 aromatic rings. The van der Waals surface area contributed by atoms with Gasteiger partial charge in [-0.15, -0.1) is 0 Å². The maximum absolute atomic E-state index is 11.1. The van der Waals surface area contributed by atoms with Crippen molar-refractivity contribution in [3.8, 4) is 17.2 Å². The number of hydrogen-bond donors (Lipinski definition) is 2. The minimum absolute atomic E-state index is 0. The van der Waals surface area contributed by atoms with Crippen LogP contribution in [0.1, 0.15) is 128 Å². The van der Waals surface area contributed by atoms with Crippen molar-refractivity contribution in [2.75, 3.05) is 7.11 Å². The summed E-state index contributed by atoms with van der Waals surface area (Å²) in [6.45, 7) is 23.2. The molecule has 0 amide bonds. The fraction of sp³-hybridized carbons (Fsp3) is 0.436. The molecule has 3 rings (SSSR count). The number of phenolic OH excluding ortho intramolecular Hbond substituents is 2. The van der Waals surface area contributed by atoms with Gasteiger partial charge in [0.15, 0.2) is 0 Å². The zero-order valence-electron chi connectivity index (χ0n) is 31.0. The van der Waals surface area contributed by atoms with Gasteiger partial charge in [-0.3, -0.25) is 9.98 Å².